The van der Waals surface area contributed by atoms with Crippen LogP contribution in [0.1, 0.15) is 15.9 Å². The lowest BCUT2D eigenvalue weighted by Crippen LogP contribution is -2.27. The number of halogens is 3. The Morgan fingerprint density at radius 2 is 1.72 bits per heavy atom. The van der Waals surface area contributed by atoms with Crippen molar-refractivity contribution in [3.05, 3.63) is 23.3 Å². The van der Waals surface area contributed by atoms with Crippen molar-refractivity contribution in [2.45, 2.75) is 12.6 Å². The van der Waals surface area contributed by atoms with Gasteiger partial charge in [-0.3, -0.25) is 4.79 Å². The predicted molar refractivity (Wildman–Crippen MR) is 57.1 cm³/mol. The second kappa shape index (κ2) is 4.19. The first-order chi connectivity index (χ1) is 8.38. The summed E-state index contributed by atoms with van der Waals surface area (Å²) in [6, 6.07) is 2.74. The Morgan fingerprint density at radius 3 is 2.22 bits per heavy atom. The summed E-state index contributed by atoms with van der Waals surface area (Å²) in [6.07, 6.45) is -4.85. The normalized spacial score (nSPS) is 18.7. The van der Waals surface area contributed by atoms with E-state index >= 15 is 0 Å². The smallest absolute Gasteiger partial charge is 0.399 e. The second-order valence-corrected chi connectivity index (χ2v) is 4.03. The van der Waals surface area contributed by atoms with Gasteiger partial charge in [-0.1, -0.05) is 0 Å². The van der Waals surface area contributed by atoms with E-state index < -0.39 is 17.9 Å². The van der Waals surface area contributed by atoms with Gasteiger partial charge in [0.15, 0.2) is 17.3 Å². The zero-order chi connectivity index (χ0) is 13.5. The zero-order valence-corrected chi connectivity index (χ0v) is 9.80. The average Bonchev–Trinajstić information content (AvgIpc) is 2.64. The van der Waals surface area contributed by atoms with E-state index in [1.165, 1.54) is 26.4 Å². The first-order valence-corrected chi connectivity index (χ1v) is 5.24. The Kier molecular flexibility index (Phi) is 2.96. The number of hydrogen-bond acceptors (Lipinski definition) is 3. The van der Waals surface area contributed by atoms with Crippen molar-refractivity contribution in [3.8, 4) is 11.5 Å². The number of alkyl halides is 3. The maximum atomic E-state index is 12.7. The summed E-state index contributed by atoms with van der Waals surface area (Å²) >= 11 is 0. The number of Topliss-reactive ketones (excluding diaryl/α,β-unsaturated/α-hetero) is 1. The Labute approximate surface area is 102 Å². The highest BCUT2D eigenvalue weighted by atomic mass is 19.4. The highest BCUT2D eigenvalue weighted by Crippen LogP contribution is 2.42. The van der Waals surface area contributed by atoms with Gasteiger partial charge in [-0.15, -0.1) is 0 Å². The van der Waals surface area contributed by atoms with Gasteiger partial charge in [0.1, 0.15) is 5.92 Å². The van der Waals surface area contributed by atoms with Gasteiger partial charge in [-0.2, -0.15) is 13.2 Å². The number of carbonyl (C=O) groups is 1. The number of ketones is 1. The quantitative estimate of drug-likeness (QED) is 0.820. The molecule has 1 unspecified atom stereocenters. The SMILES string of the molecule is COc1cc2c(cc1OC)C(=O)C(C(F)(F)F)C2. The first kappa shape index (κ1) is 12.7. The molecular weight excluding hydrogens is 249 g/mol. The van der Waals surface area contributed by atoms with Crippen LogP contribution < -0.4 is 9.47 Å². The maximum absolute atomic E-state index is 12.7. The fourth-order valence-electron chi connectivity index (χ4n) is 2.08. The van der Waals surface area contributed by atoms with Crippen LogP contribution in [0.5, 0.6) is 11.5 Å². The molecule has 0 saturated carbocycles. The van der Waals surface area contributed by atoms with Crippen LogP contribution in [-0.4, -0.2) is 26.2 Å². The number of carbonyl (C=O) groups excluding carboxylic acids is 1. The van der Waals surface area contributed by atoms with Gasteiger partial charge in [0, 0.05) is 5.56 Å². The van der Waals surface area contributed by atoms with Gasteiger partial charge in [0.05, 0.1) is 14.2 Å². The molecule has 98 valence electrons. The van der Waals surface area contributed by atoms with Crippen LogP contribution in [0.3, 0.4) is 0 Å². The number of hydrogen-bond donors (Lipinski definition) is 0. The van der Waals surface area contributed by atoms with Crippen molar-refractivity contribution in [1.29, 1.82) is 0 Å². The second-order valence-electron chi connectivity index (χ2n) is 4.03. The van der Waals surface area contributed by atoms with E-state index in [-0.39, 0.29) is 17.7 Å². The van der Waals surface area contributed by atoms with E-state index in [9.17, 15) is 18.0 Å². The topological polar surface area (TPSA) is 35.5 Å². The molecule has 0 bridgehead atoms. The van der Waals surface area contributed by atoms with Crippen molar-refractivity contribution in [2.75, 3.05) is 14.2 Å². The van der Waals surface area contributed by atoms with Crippen LogP contribution in [0, 0.1) is 5.92 Å². The minimum absolute atomic E-state index is 0.0648. The third kappa shape index (κ3) is 1.91. The molecule has 0 radical (unpaired) electrons. The predicted octanol–water partition coefficient (Wildman–Crippen LogP) is 2.62. The highest BCUT2D eigenvalue weighted by Gasteiger charge is 2.49. The van der Waals surface area contributed by atoms with Gasteiger partial charge in [0.25, 0.3) is 0 Å². The molecule has 0 amide bonds. The van der Waals surface area contributed by atoms with Crippen LogP contribution in [-0.2, 0) is 6.42 Å². The molecule has 1 aliphatic carbocycles. The zero-order valence-electron chi connectivity index (χ0n) is 9.80. The highest BCUT2D eigenvalue weighted by molar-refractivity contribution is 6.03. The van der Waals surface area contributed by atoms with Gasteiger partial charge >= 0.3 is 6.18 Å². The summed E-state index contributed by atoms with van der Waals surface area (Å²) in [5.41, 5.74) is 0.412. The molecule has 0 saturated heterocycles. The molecule has 0 spiro atoms. The van der Waals surface area contributed by atoms with Gasteiger partial charge in [0.2, 0.25) is 0 Å². The third-order valence-electron chi connectivity index (χ3n) is 3.01. The van der Waals surface area contributed by atoms with E-state index in [0.29, 0.717) is 11.3 Å². The van der Waals surface area contributed by atoms with Crippen molar-refractivity contribution in [1.82, 2.24) is 0 Å². The summed E-state index contributed by atoms with van der Waals surface area (Å²) < 4.78 is 47.9. The van der Waals surface area contributed by atoms with Gasteiger partial charge in [-0.25, -0.2) is 0 Å². The molecule has 0 fully saturated rings. The molecule has 1 aromatic rings. The molecule has 0 aliphatic heterocycles. The van der Waals surface area contributed by atoms with E-state index in [2.05, 4.69) is 0 Å². The molecule has 18 heavy (non-hydrogen) atoms. The standard InChI is InChI=1S/C12H11F3O3/c1-17-9-4-6-3-8(12(13,14)15)11(16)7(6)5-10(9)18-2/h4-5,8H,3H2,1-2H3. The molecular formula is C12H11F3O3. The number of benzene rings is 1. The van der Waals surface area contributed by atoms with E-state index in [4.69, 9.17) is 9.47 Å². The lowest BCUT2D eigenvalue weighted by atomic mass is 10.1. The number of ether oxygens (including phenoxy) is 2. The van der Waals surface area contributed by atoms with Gasteiger partial charge < -0.3 is 9.47 Å². The summed E-state index contributed by atoms with van der Waals surface area (Å²) in [6.45, 7) is 0. The van der Waals surface area contributed by atoms with Crippen LogP contribution >= 0.6 is 0 Å². The monoisotopic (exact) mass is 260 g/mol. The minimum Gasteiger partial charge on any atom is -0.493 e. The molecule has 1 atom stereocenters. The Balaban J connectivity index is 2.46. The Bertz CT molecular complexity index is 494. The third-order valence-corrected chi connectivity index (χ3v) is 3.01. The summed E-state index contributed by atoms with van der Waals surface area (Å²) in [5.74, 6) is -2.28. The maximum Gasteiger partial charge on any atom is 0.399 e. The van der Waals surface area contributed by atoms with Crippen LogP contribution in [0.2, 0.25) is 0 Å². The lowest BCUT2D eigenvalue weighted by molar-refractivity contribution is -0.158. The number of methoxy groups -OCH3 is 2. The van der Waals surface area contributed by atoms with Crippen molar-refractivity contribution in [3.63, 3.8) is 0 Å². The van der Waals surface area contributed by atoms with Crippen LogP contribution in [0.25, 0.3) is 0 Å². The fourth-order valence-corrected chi connectivity index (χ4v) is 2.08. The summed E-state index contributed by atoms with van der Waals surface area (Å²) in [4.78, 5) is 11.7. The Hall–Kier alpha value is -1.72. The first-order valence-electron chi connectivity index (χ1n) is 5.24. The minimum atomic E-state index is -4.52. The van der Waals surface area contributed by atoms with Crippen molar-refractivity contribution >= 4 is 5.78 Å². The molecule has 6 heteroatoms. The van der Waals surface area contributed by atoms with Gasteiger partial charge in [-0.05, 0) is 24.1 Å². The number of fused-ring (bicyclic) bond motifs is 1. The van der Waals surface area contributed by atoms with Crippen molar-refractivity contribution < 1.29 is 27.4 Å². The average molecular weight is 260 g/mol. The van der Waals surface area contributed by atoms with Crippen molar-refractivity contribution in [2.24, 2.45) is 5.92 Å². The van der Waals surface area contributed by atoms with E-state index in [1.807, 2.05) is 0 Å². The van der Waals surface area contributed by atoms with Crippen LogP contribution in [0.4, 0.5) is 13.2 Å². The molecule has 3 nitrogen and oxygen atoms in total. The molecule has 2 rings (SSSR count). The largest absolute Gasteiger partial charge is 0.493 e. The molecule has 0 aromatic heterocycles. The molecule has 0 heterocycles. The van der Waals surface area contributed by atoms with E-state index in [1.54, 1.807) is 0 Å². The summed E-state index contributed by atoms with van der Waals surface area (Å²) in [5, 5.41) is 0. The summed E-state index contributed by atoms with van der Waals surface area (Å²) in [7, 11) is 2.76. The van der Waals surface area contributed by atoms with E-state index in [0.717, 1.165) is 0 Å². The number of rotatable bonds is 2. The van der Waals surface area contributed by atoms with Crippen LogP contribution in [0.15, 0.2) is 12.1 Å². The molecule has 1 aromatic carbocycles. The molecule has 0 N–H and O–H groups in total. The lowest BCUT2D eigenvalue weighted by Gasteiger charge is -2.11. The molecule has 1 aliphatic rings. The Morgan fingerprint density at radius 1 is 1.17 bits per heavy atom. The fraction of sp³-hybridized carbons (Fsp3) is 0.417.